The Kier molecular flexibility index (Phi) is 5.83. The molecule has 11 heteroatoms. The van der Waals surface area contributed by atoms with Crippen molar-refractivity contribution < 1.29 is 22.8 Å². The molecule has 0 saturated carbocycles. The number of aromatic nitrogens is 3. The summed E-state index contributed by atoms with van der Waals surface area (Å²) in [5.41, 5.74) is 1.44. The predicted molar refractivity (Wildman–Crippen MR) is 99.0 cm³/mol. The Labute approximate surface area is 169 Å². The summed E-state index contributed by atoms with van der Waals surface area (Å²) in [7, 11) is 0. The van der Waals surface area contributed by atoms with Crippen LogP contribution >= 0.6 is 11.6 Å². The SMILES string of the molecule is Cc1cc(C)n(-c2ccc(Cl)c(C(=O)NC3CCCN(CC(F)(F)F)C3=O)n2)n1. The molecule has 2 aromatic heterocycles. The average molecular weight is 430 g/mol. The van der Waals surface area contributed by atoms with E-state index in [2.05, 4.69) is 15.4 Å². The van der Waals surface area contributed by atoms with Gasteiger partial charge in [-0.25, -0.2) is 9.67 Å². The molecule has 1 saturated heterocycles. The van der Waals surface area contributed by atoms with Crippen molar-refractivity contribution in [3.63, 3.8) is 0 Å². The van der Waals surface area contributed by atoms with Gasteiger partial charge in [-0.15, -0.1) is 0 Å². The molecule has 1 atom stereocenters. The van der Waals surface area contributed by atoms with Crippen molar-refractivity contribution in [2.45, 2.75) is 38.9 Å². The van der Waals surface area contributed by atoms with E-state index in [0.717, 1.165) is 11.4 Å². The zero-order chi connectivity index (χ0) is 21.3. The van der Waals surface area contributed by atoms with E-state index in [1.165, 1.54) is 6.07 Å². The second-order valence-corrected chi connectivity index (χ2v) is 7.29. The van der Waals surface area contributed by atoms with Crippen LogP contribution < -0.4 is 5.32 Å². The van der Waals surface area contributed by atoms with Gasteiger partial charge < -0.3 is 10.2 Å². The largest absolute Gasteiger partial charge is 0.406 e. The van der Waals surface area contributed by atoms with Crippen LogP contribution in [0.25, 0.3) is 5.82 Å². The Morgan fingerprint density at radius 2 is 2.07 bits per heavy atom. The zero-order valence-electron chi connectivity index (χ0n) is 15.8. The first-order valence-electron chi connectivity index (χ1n) is 8.92. The van der Waals surface area contributed by atoms with E-state index < -0.39 is 30.6 Å². The van der Waals surface area contributed by atoms with Crippen LogP contribution in [0.2, 0.25) is 5.02 Å². The number of aryl methyl sites for hydroxylation is 2. The quantitative estimate of drug-likeness (QED) is 0.810. The van der Waals surface area contributed by atoms with E-state index in [1.54, 1.807) is 10.7 Å². The molecule has 0 aromatic carbocycles. The normalized spacial score (nSPS) is 17.5. The van der Waals surface area contributed by atoms with E-state index in [0.29, 0.717) is 17.1 Å². The van der Waals surface area contributed by atoms with Crippen LogP contribution in [0.3, 0.4) is 0 Å². The highest BCUT2D eigenvalue weighted by Crippen LogP contribution is 2.22. The second-order valence-electron chi connectivity index (χ2n) is 6.88. The average Bonchev–Trinajstić information content (AvgIpc) is 2.96. The van der Waals surface area contributed by atoms with E-state index in [-0.39, 0.29) is 23.7 Å². The Morgan fingerprint density at radius 3 is 2.69 bits per heavy atom. The third-order valence-electron chi connectivity index (χ3n) is 4.48. The molecule has 156 valence electrons. The van der Waals surface area contributed by atoms with Gasteiger partial charge in [-0.1, -0.05) is 11.6 Å². The van der Waals surface area contributed by atoms with Crippen LogP contribution in [0.4, 0.5) is 13.2 Å². The maximum Gasteiger partial charge on any atom is 0.406 e. The van der Waals surface area contributed by atoms with Gasteiger partial charge in [0.05, 0.1) is 10.7 Å². The monoisotopic (exact) mass is 429 g/mol. The first-order chi connectivity index (χ1) is 13.5. The number of nitrogens with zero attached hydrogens (tertiary/aromatic N) is 4. The number of nitrogens with one attached hydrogen (secondary N) is 1. The summed E-state index contributed by atoms with van der Waals surface area (Å²) < 4.78 is 39.5. The lowest BCUT2D eigenvalue weighted by Crippen LogP contribution is -2.54. The smallest absolute Gasteiger partial charge is 0.339 e. The van der Waals surface area contributed by atoms with Gasteiger partial charge in [0.1, 0.15) is 18.3 Å². The molecule has 1 N–H and O–H groups in total. The first kappa shape index (κ1) is 21.1. The molecule has 0 aliphatic carbocycles. The number of piperidine rings is 1. The molecule has 1 unspecified atom stereocenters. The molecule has 0 spiro atoms. The number of alkyl halides is 3. The fraction of sp³-hybridized carbons (Fsp3) is 0.444. The number of hydrogen-bond acceptors (Lipinski definition) is 4. The van der Waals surface area contributed by atoms with Gasteiger partial charge in [-0.05, 0) is 44.9 Å². The predicted octanol–water partition coefficient (Wildman–Crippen LogP) is 2.82. The number of halogens is 4. The molecule has 0 radical (unpaired) electrons. The van der Waals surface area contributed by atoms with Crippen LogP contribution in [0, 0.1) is 13.8 Å². The molecule has 3 heterocycles. The van der Waals surface area contributed by atoms with Crippen molar-refractivity contribution in [3.8, 4) is 5.82 Å². The molecular weight excluding hydrogens is 411 g/mol. The standard InChI is InChI=1S/C18H19ClF3N5O2/c1-10-8-11(2)27(25-10)14-6-5-12(19)15(24-14)16(28)23-13-4-3-7-26(17(13)29)9-18(20,21)22/h5-6,8,13H,3-4,7,9H2,1-2H3,(H,23,28). The summed E-state index contributed by atoms with van der Waals surface area (Å²) in [5, 5.41) is 6.82. The third kappa shape index (κ3) is 4.87. The lowest BCUT2D eigenvalue weighted by molar-refractivity contribution is -0.164. The van der Waals surface area contributed by atoms with E-state index in [9.17, 15) is 22.8 Å². The van der Waals surface area contributed by atoms with Gasteiger partial charge in [0.15, 0.2) is 5.82 Å². The Bertz CT molecular complexity index is 944. The number of carbonyl (C=O) groups is 2. The molecule has 1 fully saturated rings. The van der Waals surface area contributed by atoms with Crippen molar-refractivity contribution in [2.24, 2.45) is 0 Å². The van der Waals surface area contributed by atoms with E-state index in [4.69, 9.17) is 11.6 Å². The van der Waals surface area contributed by atoms with Gasteiger partial charge in [0, 0.05) is 12.2 Å². The minimum Gasteiger partial charge on any atom is -0.339 e. The number of amides is 2. The van der Waals surface area contributed by atoms with Crippen molar-refractivity contribution in [1.82, 2.24) is 25.0 Å². The Morgan fingerprint density at radius 1 is 1.34 bits per heavy atom. The topological polar surface area (TPSA) is 80.1 Å². The number of likely N-dealkylation sites (tertiary alicyclic amines) is 1. The maximum atomic E-state index is 12.7. The van der Waals surface area contributed by atoms with Gasteiger partial charge in [0.2, 0.25) is 5.91 Å². The molecule has 7 nitrogen and oxygen atoms in total. The van der Waals surface area contributed by atoms with Crippen molar-refractivity contribution in [1.29, 1.82) is 0 Å². The summed E-state index contributed by atoms with van der Waals surface area (Å²) in [6.45, 7) is 2.29. The summed E-state index contributed by atoms with van der Waals surface area (Å²) in [6.07, 6.45) is -3.91. The molecule has 2 amide bonds. The third-order valence-corrected chi connectivity index (χ3v) is 4.78. The minimum atomic E-state index is -4.50. The number of hydrogen-bond donors (Lipinski definition) is 1. The first-order valence-corrected chi connectivity index (χ1v) is 9.29. The minimum absolute atomic E-state index is 0.00285. The Hall–Kier alpha value is -2.62. The highest BCUT2D eigenvalue weighted by atomic mass is 35.5. The highest BCUT2D eigenvalue weighted by Gasteiger charge is 2.38. The van der Waals surface area contributed by atoms with Crippen molar-refractivity contribution >= 4 is 23.4 Å². The maximum absolute atomic E-state index is 12.7. The summed E-state index contributed by atoms with van der Waals surface area (Å²) in [4.78, 5) is 29.9. The fourth-order valence-corrected chi connectivity index (χ4v) is 3.44. The van der Waals surface area contributed by atoms with Crippen molar-refractivity contribution in [3.05, 3.63) is 40.3 Å². The van der Waals surface area contributed by atoms with Crippen LogP contribution in [-0.2, 0) is 4.79 Å². The molecule has 29 heavy (non-hydrogen) atoms. The van der Waals surface area contributed by atoms with Crippen LogP contribution in [0.15, 0.2) is 18.2 Å². The highest BCUT2D eigenvalue weighted by molar-refractivity contribution is 6.33. The fourth-order valence-electron chi connectivity index (χ4n) is 3.24. The van der Waals surface area contributed by atoms with Crippen molar-refractivity contribution in [2.75, 3.05) is 13.1 Å². The van der Waals surface area contributed by atoms with Crippen LogP contribution in [0.5, 0.6) is 0 Å². The number of pyridine rings is 1. The van der Waals surface area contributed by atoms with E-state index >= 15 is 0 Å². The molecule has 2 aromatic rings. The van der Waals surface area contributed by atoms with Gasteiger partial charge in [-0.3, -0.25) is 9.59 Å². The lowest BCUT2D eigenvalue weighted by Gasteiger charge is -2.33. The molecular formula is C18H19ClF3N5O2. The summed E-state index contributed by atoms with van der Waals surface area (Å²) >= 11 is 6.10. The molecule has 0 bridgehead atoms. The van der Waals surface area contributed by atoms with Crippen LogP contribution in [-0.4, -0.2) is 56.8 Å². The second kappa shape index (κ2) is 8.02. The molecule has 1 aliphatic heterocycles. The number of carbonyl (C=O) groups excluding carboxylic acids is 2. The van der Waals surface area contributed by atoms with Gasteiger partial charge >= 0.3 is 6.18 Å². The van der Waals surface area contributed by atoms with Crippen LogP contribution in [0.1, 0.15) is 34.7 Å². The zero-order valence-corrected chi connectivity index (χ0v) is 16.5. The summed E-state index contributed by atoms with van der Waals surface area (Å²) in [5.74, 6) is -1.14. The molecule has 1 aliphatic rings. The summed E-state index contributed by atoms with van der Waals surface area (Å²) in [6, 6.07) is 3.85. The Balaban J connectivity index is 1.79. The van der Waals surface area contributed by atoms with Gasteiger partial charge in [0.25, 0.3) is 5.91 Å². The lowest BCUT2D eigenvalue weighted by atomic mass is 10.0. The number of rotatable bonds is 4. The van der Waals surface area contributed by atoms with Gasteiger partial charge in [-0.2, -0.15) is 18.3 Å². The van der Waals surface area contributed by atoms with E-state index in [1.807, 2.05) is 19.9 Å². The molecule has 3 rings (SSSR count).